The van der Waals surface area contributed by atoms with Crippen molar-refractivity contribution in [1.29, 1.82) is 0 Å². The van der Waals surface area contributed by atoms with E-state index in [1.165, 1.54) is 25.7 Å². The Morgan fingerprint density at radius 1 is 1.15 bits per heavy atom. The monoisotopic (exact) mass is 354 g/mol. The van der Waals surface area contributed by atoms with E-state index in [2.05, 4.69) is 29.3 Å². The van der Waals surface area contributed by atoms with Gasteiger partial charge in [-0.3, -0.25) is 4.99 Å². The second kappa shape index (κ2) is 10.3. The quantitative estimate of drug-likeness (QED) is 0.820. The van der Waals surface area contributed by atoms with Gasteiger partial charge in [-0.25, -0.2) is 0 Å². The van der Waals surface area contributed by atoms with Crippen LogP contribution in [0, 0.1) is 5.92 Å². The van der Waals surface area contributed by atoms with Crippen LogP contribution in [0.3, 0.4) is 0 Å². The predicted molar refractivity (Wildman–Crippen MR) is 107 cm³/mol. The van der Waals surface area contributed by atoms with Crippen LogP contribution in [0.15, 0.2) is 47.2 Å². The molecule has 1 fully saturated rings. The predicted octanol–water partition coefficient (Wildman–Crippen LogP) is 4.46. The minimum atomic E-state index is 0.546. The zero-order valence-corrected chi connectivity index (χ0v) is 15.5. The fourth-order valence-electron chi connectivity index (χ4n) is 3.50. The van der Waals surface area contributed by atoms with Crippen molar-refractivity contribution < 1.29 is 9.47 Å². The van der Waals surface area contributed by atoms with Crippen LogP contribution in [-0.4, -0.2) is 26.0 Å². The minimum absolute atomic E-state index is 0.546. The molecule has 4 heteroatoms. The van der Waals surface area contributed by atoms with Gasteiger partial charge < -0.3 is 15.2 Å². The molecule has 1 aromatic rings. The van der Waals surface area contributed by atoms with Gasteiger partial charge in [0.15, 0.2) is 0 Å². The van der Waals surface area contributed by atoms with E-state index in [0.29, 0.717) is 6.54 Å². The summed E-state index contributed by atoms with van der Waals surface area (Å²) in [6.45, 7) is 3.13. The molecule has 2 aliphatic heterocycles. The molecule has 0 radical (unpaired) electrons. The first-order valence-corrected chi connectivity index (χ1v) is 9.79. The lowest BCUT2D eigenvalue weighted by Gasteiger charge is -2.20. The van der Waals surface area contributed by atoms with Gasteiger partial charge in [0.25, 0.3) is 0 Å². The third kappa shape index (κ3) is 5.82. The molecule has 2 heterocycles. The molecule has 1 aromatic carbocycles. The molecule has 0 spiro atoms. The van der Waals surface area contributed by atoms with E-state index in [1.807, 2.05) is 18.3 Å². The first kappa shape index (κ1) is 18.9. The Kier molecular flexibility index (Phi) is 7.47. The van der Waals surface area contributed by atoms with E-state index in [9.17, 15) is 0 Å². The summed E-state index contributed by atoms with van der Waals surface area (Å²) in [6.07, 6.45) is 12.9. The molecule has 26 heavy (non-hydrogen) atoms. The van der Waals surface area contributed by atoms with Crippen LogP contribution >= 0.6 is 0 Å². The molecular formula is C22H30N2O2. The molecule has 0 bridgehead atoms. The van der Waals surface area contributed by atoms with Crippen LogP contribution in [-0.2, 0) is 16.0 Å². The van der Waals surface area contributed by atoms with Gasteiger partial charge in [0.2, 0.25) is 0 Å². The van der Waals surface area contributed by atoms with Gasteiger partial charge in [0, 0.05) is 25.3 Å². The van der Waals surface area contributed by atoms with Crippen molar-refractivity contribution in [2.75, 3.05) is 19.8 Å². The highest BCUT2D eigenvalue weighted by Gasteiger charge is 2.12. The summed E-state index contributed by atoms with van der Waals surface area (Å²) >= 11 is 0. The molecule has 0 unspecified atom stereocenters. The maximum absolute atomic E-state index is 5.99. The maximum atomic E-state index is 5.99. The molecular weight excluding hydrogens is 324 g/mol. The van der Waals surface area contributed by atoms with Crippen molar-refractivity contribution in [1.82, 2.24) is 0 Å². The molecule has 2 aliphatic rings. The van der Waals surface area contributed by atoms with E-state index in [1.54, 1.807) is 0 Å². The van der Waals surface area contributed by atoms with Crippen molar-refractivity contribution in [2.45, 2.75) is 45.1 Å². The summed E-state index contributed by atoms with van der Waals surface area (Å²) in [4.78, 5) is 4.63. The van der Waals surface area contributed by atoms with E-state index >= 15 is 0 Å². The van der Waals surface area contributed by atoms with Crippen molar-refractivity contribution in [3.63, 3.8) is 0 Å². The van der Waals surface area contributed by atoms with E-state index in [4.69, 9.17) is 15.2 Å². The molecule has 0 atom stereocenters. The van der Waals surface area contributed by atoms with Crippen molar-refractivity contribution in [2.24, 2.45) is 16.6 Å². The average molecular weight is 354 g/mol. The molecule has 0 aliphatic carbocycles. The second-order valence-electron chi connectivity index (χ2n) is 6.99. The Bertz CT molecular complexity index is 656. The molecule has 1 saturated heterocycles. The van der Waals surface area contributed by atoms with Crippen molar-refractivity contribution >= 4 is 11.9 Å². The number of allylic oxidation sites excluding steroid dienone is 3. The molecule has 140 valence electrons. The highest BCUT2D eigenvalue weighted by molar-refractivity contribution is 5.84. The molecule has 0 saturated carbocycles. The molecule has 2 N–H and O–H groups in total. The van der Waals surface area contributed by atoms with Gasteiger partial charge in [-0.1, -0.05) is 24.3 Å². The fraction of sp³-hybridized carbons (Fsp3) is 0.500. The van der Waals surface area contributed by atoms with Gasteiger partial charge in [-0.05, 0) is 62.1 Å². The largest absolute Gasteiger partial charge is 0.492 e. The lowest BCUT2D eigenvalue weighted by Crippen LogP contribution is -2.12. The van der Waals surface area contributed by atoms with Crippen LogP contribution in [0.1, 0.15) is 49.7 Å². The summed E-state index contributed by atoms with van der Waals surface area (Å²) in [5, 5.41) is 0. The zero-order valence-electron chi connectivity index (χ0n) is 15.5. The number of hydrogen-bond donors (Lipinski definition) is 1. The lowest BCUT2D eigenvalue weighted by atomic mass is 9.94. The topological polar surface area (TPSA) is 56.8 Å². The number of nitrogens with zero attached hydrogens (tertiary/aromatic N) is 1. The number of nitrogens with two attached hydrogens (primary N) is 1. The number of ether oxygens (including phenoxy) is 2. The zero-order chi connectivity index (χ0) is 18.0. The Hall–Kier alpha value is -1.91. The summed E-state index contributed by atoms with van der Waals surface area (Å²) in [7, 11) is 0. The van der Waals surface area contributed by atoms with E-state index in [0.717, 1.165) is 61.2 Å². The molecule has 3 rings (SSSR count). The summed E-state index contributed by atoms with van der Waals surface area (Å²) in [6, 6.07) is 8.25. The summed E-state index contributed by atoms with van der Waals surface area (Å²) in [5.41, 5.74) is 8.95. The van der Waals surface area contributed by atoms with Crippen LogP contribution in [0.5, 0.6) is 0 Å². The lowest BCUT2D eigenvalue weighted by molar-refractivity contribution is 0.0978. The Labute approximate surface area is 156 Å². The van der Waals surface area contributed by atoms with Crippen molar-refractivity contribution in [3.05, 3.63) is 53.3 Å². The van der Waals surface area contributed by atoms with E-state index in [-0.39, 0.29) is 0 Å². The van der Waals surface area contributed by atoms with Crippen molar-refractivity contribution in [3.8, 4) is 0 Å². The average Bonchev–Trinajstić information content (AvgIpc) is 2.89. The standard InChI is InChI=1S/C22H30N2O2/c23-16-19-5-1-8-20(15-19)22-10-2-9-21(17-24-22)26-14-11-18-6-3-12-25-13-4-7-18/h1,5,8-10,15,17-18H,2-4,6-7,11-14,16,23H2. The highest BCUT2D eigenvalue weighted by Crippen LogP contribution is 2.22. The van der Waals surface area contributed by atoms with E-state index < -0.39 is 0 Å². The molecule has 0 amide bonds. The Morgan fingerprint density at radius 2 is 2.00 bits per heavy atom. The molecule has 0 aromatic heterocycles. The summed E-state index contributed by atoms with van der Waals surface area (Å²) in [5.74, 6) is 1.63. The van der Waals surface area contributed by atoms with Gasteiger partial charge in [0.05, 0.1) is 18.5 Å². The number of aliphatic imine (C=N–C) groups is 1. The van der Waals surface area contributed by atoms with Crippen LogP contribution in [0.4, 0.5) is 0 Å². The van der Waals surface area contributed by atoms with Gasteiger partial charge in [0.1, 0.15) is 5.76 Å². The maximum Gasteiger partial charge on any atom is 0.133 e. The second-order valence-corrected chi connectivity index (χ2v) is 6.99. The normalized spacial score (nSPS) is 19.1. The third-order valence-corrected chi connectivity index (χ3v) is 5.02. The number of benzene rings is 1. The van der Waals surface area contributed by atoms with Gasteiger partial charge in [-0.15, -0.1) is 0 Å². The molecule has 4 nitrogen and oxygen atoms in total. The smallest absolute Gasteiger partial charge is 0.133 e. The first-order chi connectivity index (χ1) is 12.8. The van der Waals surface area contributed by atoms with Gasteiger partial charge >= 0.3 is 0 Å². The summed E-state index contributed by atoms with van der Waals surface area (Å²) < 4.78 is 11.5. The first-order valence-electron chi connectivity index (χ1n) is 9.79. The number of hydrogen-bond acceptors (Lipinski definition) is 4. The minimum Gasteiger partial charge on any atom is -0.492 e. The van der Waals surface area contributed by atoms with Gasteiger partial charge in [-0.2, -0.15) is 0 Å². The van der Waals surface area contributed by atoms with Crippen LogP contribution in [0.2, 0.25) is 0 Å². The third-order valence-electron chi connectivity index (χ3n) is 5.02. The number of rotatable bonds is 6. The van der Waals surface area contributed by atoms with Crippen LogP contribution < -0.4 is 5.73 Å². The van der Waals surface area contributed by atoms with Crippen LogP contribution in [0.25, 0.3) is 5.70 Å². The fourth-order valence-corrected chi connectivity index (χ4v) is 3.50. The Morgan fingerprint density at radius 3 is 2.81 bits per heavy atom. The Balaban J connectivity index is 1.49. The highest BCUT2D eigenvalue weighted by atomic mass is 16.5. The SMILES string of the molecule is NCc1cccc(C2=CCC=C(OCCC3CCCOCCC3)C=N2)c1.